The van der Waals surface area contributed by atoms with E-state index in [0.29, 0.717) is 23.7 Å². The number of nitrogens with zero attached hydrogens (tertiary/aromatic N) is 1. The lowest BCUT2D eigenvalue weighted by Crippen LogP contribution is -2.49. The molecule has 0 saturated carbocycles. The van der Waals surface area contributed by atoms with Crippen LogP contribution >= 0.6 is 11.3 Å². The van der Waals surface area contributed by atoms with Crippen molar-refractivity contribution in [2.45, 2.75) is 31.5 Å². The molecule has 0 radical (unpaired) electrons. The molecule has 10 nitrogen and oxygen atoms in total. The molecule has 2 atom stereocenters. The van der Waals surface area contributed by atoms with Gasteiger partial charge >= 0.3 is 6.09 Å². The van der Waals surface area contributed by atoms with Gasteiger partial charge in [-0.1, -0.05) is 42.5 Å². The van der Waals surface area contributed by atoms with E-state index >= 15 is 0 Å². The van der Waals surface area contributed by atoms with E-state index in [9.17, 15) is 18.0 Å². The molecule has 12 heteroatoms. The Morgan fingerprint density at radius 3 is 2.31 bits per heavy atom. The van der Waals surface area contributed by atoms with E-state index in [1.807, 2.05) is 35.7 Å². The predicted molar refractivity (Wildman–Crippen MR) is 137 cm³/mol. The summed E-state index contributed by atoms with van der Waals surface area (Å²) in [5.41, 5.74) is 2.92. The number of benzene rings is 2. The Bertz CT molecular complexity index is 1210. The maximum Gasteiger partial charge on any atom is 0.407 e. The number of aromatic nitrogens is 1. The molecule has 0 unspecified atom stereocenters. The van der Waals surface area contributed by atoms with Crippen molar-refractivity contribution in [2.75, 3.05) is 18.9 Å². The van der Waals surface area contributed by atoms with Crippen molar-refractivity contribution in [3.05, 3.63) is 81.8 Å². The smallest absolute Gasteiger partial charge is 0.407 e. The van der Waals surface area contributed by atoms with Crippen molar-refractivity contribution in [1.29, 1.82) is 0 Å². The van der Waals surface area contributed by atoms with Gasteiger partial charge in [-0.25, -0.2) is 18.2 Å². The van der Waals surface area contributed by atoms with Crippen LogP contribution in [0.15, 0.2) is 60.0 Å². The van der Waals surface area contributed by atoms with Gasteiger partial charge in [0, 0.05) is 24.6 Å². The fraction of sp³-hybridized carbons (Fsp3) is 0.292. The van der Waals surface area contributed by atoms with E-state index in [4.69, 9.17) is 9.47 Å². The lowest BCUT2D eigenvalue weighted by molar-refractivity contribution is -0.123. The molecule has 0 spiro atoms. The number of ether oxygens (including phenoxy) is 2. The molecule has 2 aromatic carbocycles. The summed E-state index contributed by atoms with van der Waals surface area (Å²) in [6.45, 7) is 0.339. The van der Waals surface area contributed by atoms with E-state index in [0.717, 1.165) is 16.8 Å². The van der Waals surface area contributed by atoms with Gasteiger partial charge in [0.15, 0.2) is 0 Å². The van der Waals surface area contributed by atoms with Crippen LogP contribution in [0.3, 0.4) is 0 Å². The standard InChI is InChI=1S/C24H28N4O6S2/c1-33-14-19-15-35-23(25-19)21(13-17-8-10-18(11-9-17)28-36(31)32)26-22(29)20(27-24(30)34-2)12-16-6-4-3-5-7-16/h3-11,15,20-21,36H,12-14H2,1-2H3,(H,26,29)(H,27,30)(H,28,31,32)/t20-,21-/m0/s1. The maximum atomic E-state index is 13.4. The molecule has 3 rings (SSSR count). The minimum atomic E-state index is -2.76. The summed E-state index contributed by atoms with van der Waals surface area (Å²) in [6.07, 6.45) is -0.0418. The second-order valence-corrected chi connectivity index (χ2v) is 9.45. The molecular formula is C24H28N4O6S2. The molecule has 3 N–H and O–H groups in total. The third kappa shape index (κ3) is 8.33. The second kappa shape index (κ2) is 13.6. The van der Waals surface area contributed by atoms with E-state index in [2.05, 4.69) is 20.3 Å². The third-order valence-electron chi connectivity index (χ3n) is 5.17. The highest BCUT2D eigenvalue weighted by atomic mass is 32.2. The van der Waals surface area contributed by atoms with Crippen LogP contribution in [0.1, 0.15) is 27.9 Å². The summed E-state index contributed by atoms with van der Waals surface area (Å²) < 4.78 is 34.0. The number of hydrogen-bond donors (Lipinski definition) is 4. The molecule has 0 aliphatic carbocycles. The molecule has 3 aromatic rings. The minimum Gasteiger partial charge on any atom is -0.453 e. The van der Waals surface area contributed by atoms with Crippen LogP contribution in [-0.4, -0.2) is 45.7 Å². The van der Waals surface area contributed by atoms with Gasteiger partial charge in [0.2, 0.25) is 16.8 Å². The lowest BCUT2D eigenvalue weighted by atomic mass is 10.0. The largest absolute Gasteiger partial charge is 0.453 e. The minimum absolute atomic E-state index is 0.273. The van der Waals surface area contributed by atoms with Crippen molar-refractivity contribution >= 4 is 39.9 Å². The number of alkyl carbamates (subject to hydrolysis) is 1. The number of thiazole rings is 1. The average molecular weight is 533 g/mol. The Kier molecular flexibility index (Phi) is 10.2. The summed E-state index contributed by atoms with van der Waals surface area (Å²) in [4.78, 5) is 29.9. The van der Waals surface area contributed by atoms with Crippen LogP contribution in [0.4, 0.5) is 10.5 Å². The second-order valence-electron chi connectivity index (χ2n) is 7.82. The molecule has 0 bridgehead atoms. The molecule has 1 aromatic heterocycles. The van der Waals surface area contributed by atoms with Crippen molar-refractivity contribution < 1.29 is 27.5 Å². The Labute approximate surface area is 215 Å². The highest BCUT2D eigenvalue weighted by Gasteiger charge is 2.26. The molecule has 192 valence electrons. The van der Waals surface area contributed by atoms with Crippen molar-refractivity contribution in [1.82, 2.24) is 15.6 Å². The predicted octanol–water partition coefficient (Wildman–Crippen LogP) is 2.60. The molecule has 2 amide bonds. The summed E-state index contributed by atoms with van der Waals surface area (Å²) in [5.74, 6) is -0.389. The number of anilines is 1. The van der Waals surface area contributed by atoms with Gasteiger partial charge in [0.1, 0.15) is 11.0 Å². The molecular weight excluding hydrogens is 504 g/mol. The fourth-order valence-electron chi connectivity index (χ4n) is 3.49. The zero-order valence-corrected chi connectivity index (χ0v) is 21.5. The number of amides is 2. The fourth-order valence-corrected chi connectivity index (χ4v) is 4.70. The zero-order chi connectivity index (χ0) is 25.9. The van der Waals surface area contributed by atoms with Crippen molar-refractivity contribution in [2.24, 2.45) is 0 Å². The molecule has 0 aliphatic rings. The number of carbonyl (C=O) groups excluding carboxylic acids is 2. The maximum absolute atomic E-state index is 13.4. The summed E-state index contributed by atoms with van der Waals surface area (Å²) in [7, 11) is 0.0582. The lowest BCUT2D eigenvalue weighted by Gasteiger charge is -2.22. The number of carbonyl (C=O) groups is 2. The van der Waals surface area contributed by atoms with E-state index in [1.54, 1.807) is 31.4 Å². The van der Waals surface area contributed by atoms with E-state index in [-0.39, 0.29) is 12.3 Å². The van der Waals surface area contributed by atoms with Crippen LogP contribution in [0.25, 0.3) is 0 Å². The van der Waals surface area contributed by atoms with E-state index in [1.165, 1.54) is 18.4 Å². The van der Waals surface area contributed by atoms with Gasteiger partial charge in [0.05, 0.1) is 25.5 Å². The first-order valence-corrected chi connectivity index (χ1v) is 13.1. The first kappa shape index (κ1) is 27.1. The Hall–Kier alpha value is -3.48. The first-order chi connectivity index (χ1) is 17.4. The van der Waals surface area contributed by atoms with Gasteiger partial charge in [-0.15, -0.1) is 11.3 Å². The zero-order valence-electron chi connectivity index (χ0n) is 19.8. The highest BCUT2D eigenvalue weighted by molar-refractivity contribution is 7.73. The van der Waals surface area contributed by atoms with Gasteiger partial charge in [-0.3, -0.25) is 9.52 Å². The quantitative estimate of drug-likeness (QED) is 0.263. The Morgan fingerprint density at radius 1 is 0.972 bits per heavy atom. The highest BCUT2D eigenvalue weighted by Crippen LogP contribution is 2.24. The molecule has 0 fully saturated rings. The summed E-state index contributed by atoms with van der Waals surface area (Å²) in [6, 6.07) is 14.8. The molecule has 1 heterocycles. The summed E-state index contributed by atoms with van der Waals surface area (Å²) in [5, 5.41) is 8.17. The normalized spacial score (nSPS) is 12.5. The van der Waals surface area contributed by atoms with Crippen LogP contribution in [0.5, 0.6) is 0 Å². The van der Waals surface area contributed by atoms with Gasteiger partial charge in [-0.05, 0) is 29.7 Å². The van der Waals surface area contributed by atoms with Crippen LogP contribution in [0, 0.1) is 0 Å². The van der Waals surface area contributed by atoms with Gasteiger partial charge < -0.3 is 20.1 Å². The SMILES string of the molecule is COCc1csc([C@H](Cc2ccc(N[SH](=O)=O)cc2)NC(=O)[C@H](Cc2ccccc2)NC(=O)OC)n1. The van der Waals surface area contributed by atoms with Crippen molar-refractivity contribution in [3.8, 4) is 0 Å². The molecule has 36 heavy (non-hydrogen) atoms. The van der Waals surface area contributed by atoms with Crippen LogP contribution in [0.2, 0.25) is 0 Å². The molecule has 0 aliphatic heterocycles. The first-order valence-electron chi connectivity index (χ1n) is 11.0. The monoisotopic (exact) mass is 532 g/mol. The van der Waals surface area contributed by atoms with Crippen LogP contribution < -0.4 is 15.4 Å². The Morgan fingerprint density at radius 2 is 1.67 bits per heavy atom. The topological polar surface area (TPSA) is 136 Å². The number of rotatable bonds is 12. The van der Waals surface area contributed by atoms with Gasteiger partial charge in [0.25, 0.3) is 0 Å². The Balaban J connectivity index is 1.83. The number of thiol groups is 1. The average Bonchev–Trinajstić information content (AvgIpc) is 3.33. The van der Waals surface area contributed by atoms with E-state index < -0.39 is 29.1 Å². The van der Waals surface area contributed by atoms with Crippen LogP contribution in [-0.2, 0) is 44.6 Å². The summed E-state index contributed by atoms with van der Waals surface area (Å²) >= 11 is 1.39. The third-order valence-corrected chi connectivity index (χ3v) is 6.62. The van der Waals surface area contributed by atoms with Gasteiger partial charge in [-0.2, -0.15) is 0 Å². The van der Waals surface area contributed by atoms with Crippen molar-refractivity contribution in [3.63, 3.8) is 0 Å². The number of hydrogen-bond acceptors (Lipinski definition) is 8. The number of methoxy groups -OCH3 is 2. The number of nitrogens with one attached hydrogen (secondary N) is 3. The molecule has 0 saturated heterocycles.